The summed E-state index contributed by atoms with van der Waals surface area (Å²) in [5, 5.41) is 11.1. The molecule has 1 heterocycles. The van der Waals surface area contributed by atoms with Crippen molar-refractivity contribution in [2.75, 3.05) is 0 Å². The molecule has 7 rings (SSSR count). The van der Waals surface area contributed by atoms with Crippen LogP contribution in [0.15, 0.2) is 97.1 Å². The fourth-order valence-electron chi connectivity index (χ4n) is 4.66. The largest absolute Gasteiger partial charge is 0.215 e. The highest BCUT2D eigenvalue weighted by molar-refractivity contribution is 7.09. The van der Waals surface area contributed by atoms with Gasteiger partial charge < -0.3 is 0 Å². The Morgan fingerprint density at radius 1 is 0.484 bits per heavy atom. The zero-order valence-corrected chi connectivity index (χ0v) is 17.4. The van der Waals surface area contributed by atoms with Crippen molar-refractivity contribution in [3.05, 3.63) is 97.1 Å². The van der Waals surface area contributed by atoms with E-state index < -0.39 is 0 Å². The van der Waals surface area contributed by atoms with Crippen molar-refractivity contribution < 1.29 is 0 Å². The third kappa shape index (κ3) is 2.57. The molecule has 0 radical (unpaired) electrons. The van der Waals surface area contributed by atoms with Gasteiger partial charge in [-0.2, -0.15) is 4.37 Å². The number of fused-ring (bicyclic) bond motifs is 1. The van der Waals surface area contributed by atoms with E-state index in [1.54, 1.807) is 0 Å². The van der Waals surface area contributed by atoms with E-state index in [-0.39, 0.29) is 0 Å². The average Bonchev–Trinajstić information content (AvgIpc) is 3.32. The summed E-state index contributed by atoms with van der Waals surface area (Å²) in [6.45, 7) is 0. The van der Waals surface area contributed by atoms with E-state index in [1.807, 2.05) is 0 Å². The van der Waals surface area contributed by atoms with E-state index in [1.165, 1.54) is 54.6 Å². The van der Waals surface area contributed by atoms with E-state index >= 15 is 0 Å². The average molecular weight is 413 g/mol. The summed E-state index contributed by atoms with van der Waals surface area (Å²) in [4.78, 5) is 4.90. The lowest BCUT2D eigenvalue weighted by Gasteiger charge is -2.11. The van der Waals surface area contributed by atoms with Crippen LogP contribution in [0.3, 0.4) is 0 Å². The first-order valence-electron chi connectivity index (χ1n) is 10.3. The second-order valence-electron chi connectivity index (χ2n) is 7.99. The summed E-state index contributed by atoms with van der Waals surface area (Å²) in [5.41, 5.74) is 2.18. The topological polar surface area (TPSA) is 25.8 Å². The molecule has 0 N–H and O–H groups in total. The van der Waals surface area contributed by atoms with Crippen LogP contribution < -0.4 is 0 Å². The van der Waals surface area contributed by atoms with Gasteiger partial charge in [-0.15, -0.1) is 0 Å². The lowest BCUT2D eigenvalue weighted by atomic mass is 9.93. The Kier molecular flexibility index (Phi) is 3.46. The summed E-state index contributed by atoms with van der Waals surface area (Å²) in [6, 6.07) is 34.7. The van der Waals surface area contributed by atoms with Gasteiger partial charge in [0.1, 0.15) is 5.01 Å². The highest BCUT2D eigenvalue weighted by Gasteiger charge is 2.13. The Bertz CT molecular complexity index is 1680. The summed E-state index contributed by atoms with van der Waals surface area (Å²) >= 11 is 1.46. The Labute approximate surface area is 182 Å². The van der Waals surface area contributed by atoms with Crippen molar-refractivity contribution in [3.8, 4) is 22.0 Å². The van der Waals surface area contributed by atoms with Crippen molar-refractivity contribution >= 4 is 54.6 Å². The number of hydrogen-bond acceptors (Lipinski definition) is 3. The van der Waals surface area contributed by atoms with Crippen LogP contribution in [0, 0.1) is 0 Å². The van der Waals surface area contributed by atoms with Gasteiger partial charge in [-0.1, -0.05) is 78.9 Å². The van der Waals surface area contributed by atoms with Crippen molar-refractivity contribution in [3.63, 3.8) is 0 Å². The molecular weight excluding hydrogens is 396 g/mol. The maximum absolute atomic E-state index is 4.90. The van der Waals surface area contributed by atoms with Crippen molar-refractivity contribution in [2.45, 2.75) is 0 Å². The van der Waals surface area contributed by atoms with Crippen molar-refractivity contribution in [2.24, 2.45) is 0 Å². The van der Waals surface area contributed by atoms with Gasteiger partial charge >= 0.3 is 0 Å². The highest BCUT2D eigenvalue weighted by Crippen LogP contribution is 2.38. The molecule has 6 aromatic carbocycles. The number of rotatable bonds is 2. The minimum atomic E-state index is 0.788. The molecule has 0 saturated carbocycles. The molecule has 7 aromatic rings. The quantitative estimate of drug-likeness (QED) is 0.270. The van der Waals surface area contributed by atoms with E-state index in [2.05, 4.69) is 101 Å². The van der Waals surface area contributed by atoms with Crippen LogP contribution in [0.4, 0.5) is 0 Å². The van der Waals surface area contributed by atoms with E-state index in [9.17, 15) is 0 Å². The summed E-state index contributed by atoms with van der Waals surface area (Å²) in [6.07, 6.45) is 0. The summed E-state index contributed by atoms with van der Waals surface area (Å²) in [7, 11) is 0. The van der Waals surface area contributed by atoms with Gasteiger partial charge in [-0.25, -0.2) is 4.98 Å². The fraction of sp³-hybridized carbons (Fsp3) is 0. The summed E-state index contributed by atoms with van der Waals surface area (Å²) in [5.74, 6) is 0.788. The lowest BCUT2D eigenvalue weighted by Crippen LogP contribution is -1.86. The first kappa shape index (κ1) is 16.9. The molecule has 144 valence electrons. The van der Waals surface area contributed by atoms with Gasteiger partial charge in [0.25, 0.3) is 0 Å². The molecule has 0 fully saturated rings. The molecule has 2 nitrogen and oxygen atoms in total. The fourth-order valence-corrected chi connectivity index (χ4v) is 5.33. The normalized spacial score (nSPS) is 11.9. The Morgan fingerprint density at radius 2 is 1.06 bits per heavy atom. The smallest absolute Gasteiger partial charge is 0.173 e. The van der Waals surface area contributed by atoms with Gasteiger partial charge in [0.2, 0.25) is 0 Å². The van der Waals surface area contributed by atoms with Crippen LogP contribution >= 0.6 is 11.5 Å². The monoisotopic (exact) mass is 412 g/mol. The third-order valence-electron chi connectivity index (χ3n) is 6.14. The Hall–Kier alpha value is -3.82. The zero-order valence-electron chi connectivity index (χ0n) is 16.5. The van der Waals surface area contributed by atoms with Gasteiger partial charge in [0.05, 0.1) is 0 Å². The van der Waals surface area contributed by atoms with Crippen molar-refractivity contribution in [1.29, 1.82) is 0 Å². The molecule has 3 heteroatoms. The van der Waals surface area contributed by atoms with Crippen LogP contribution in [-0.2, 0) is 0 Å². The maximum Gasteiger partial charge on any atom is 0.173 e. The Balaban J connectivity index is 1.39. The minimum absolute atomic E-state index is 0.788. The van der Waals surface area contributed by atoms with E-state index in [0.29, 0.717) is 0 Å². The second-order valence-corrected chi connectivity index (χ2v) is 8.74. The first-order valence-corrected chi connectivity index (χ1v) is 11.1. The van der Waals surface area contributed by atoms with Gasteiger partial charge in [-0.05, 0) is 72.8 Å². The molecule has 0 saturated heterocycles. The molecular formula is C28H16N2S. The number of nitrogens with zero attached hydrogens (tertiary/aromatic N) is 2. The number of aromatic nitrogens is 2. The standard InChI is InChI=1S/C28H16N2S/c1-2-5-20-14-23(13-8-17(20)4-1)27-29-28(31-30-27)24-15-21-11-9-18-6-3-7-19-10-12-22(16-24)26(21)25(18)19/h1-16H. The van der Waals surface area contributed by atoms with Crippen LogP contribution in [0.1, 0.15) is 0 Å². The molecule has 0 amide bonds. The number of hydrogen-bond donors (Lipinski definition) is 0. The second kappa shape index (κ2) is 6.34. The molecule has 0 spiro atoms. The maximum atomic E-state index is 4.90. The molecule has 0 aliphatic carbocycles. The third-order valence-corrected chi connectivity index (χ3v) is 6.91. The highest BCUT2D eigenvalue weighted by atomic mass is 32.1. The van der Waals surface area contributed by atoms with Crippen LogP contribution in [-0.4, -0.2) is 9.36 Å². The number of benzene rings is 6. The first-order chi connectivity index (χ1) is 15.3. The van der Waals surface area contributed by atoms with Crippen LogP contribution in [0.5, 0.6) is 0 Å². The molecule has 0 bridgehead atoms. The molecule has 1 aromatic heterocycles. The predicted octanol–water partition coefficient (Wildman–Crippen LogP) is 7.92. The molecule has 31 heavy (non-hydrogen) atoms. The van der Waals surface area contributed by atoms with Gasteiger partial charge in [-0.3, -0.25) is 0 Å². The van der Waals surface area contributed by atoms with Crippen LogP contribution in [0.2, 0.25) is 0 Å². The van der Waals surface area contributed by atoms with Crippen molar-refractivity contribution in [1.82, 2.24) is 9.36 Å². The molecule has 0 atom stereocenters. The summed E-state index contributed by atoms with van der Waals surface area (Å²) < 4.78 is 4.68. The van der Waals surface area contributed by atoms with Crippen LogP contribution in [0.25, 0.3) is 65.0 Å². The van der Waals surface area contributed by atoms with E-state index in [4.69, 9.17) is 4.98 Å². The van der Waals surface area contributed by atoms with Gasteiger partial charge in [0.15, 0.2) is 5.82 Å². The predicted molar refractivity (Wildman–Crippen MR) is 132 cm³/mol. The molecule has 0 unspecified atom stereocenters. The van der Waals surface area contributed by atoms with Gasteiger partial charge in [0, 0.05) is 11.1 Å². The minimum Gasteiger partial charge on any atom is -0.215 e. The zero-order chi connectivity index (χ0) is 20.4. The molecule has 0 aliphatic heterocycles. The molecule has 0 aliphatic rings. The SMILES string of the molecule is c1ccc2cc(-c3nsc(-c4cc5ccc6cccc7ccc(c4)c5c67)n3)ccc2c1. The van der Waals surface area contributed by atoms with E-state index in [0.717, 1.165) is 22.0 Å². The lowest BCUT2D eigenvalue weighted by molar-refractivity contribution is 1.33. The Morgan fingerprint density at radius 3 is 1.84 bits per heavy atom.